The fraction of sp³-hybridized carbons (Fsp3) is 0.938. The molecular weight excluding hydrogens is 192 g/mol. The summed E-state index contributed by atoms with van der Waals surface area (Å²) in [5.41, 5.74) is 0. The van der Waals surface area contributed by atoms with E-state index in [0.717, 1.165) is 5.92 Å². The number of unbranched alkanes of at least 4 members (excludes halogenated alkanes) is 7. The predicted octanol–water partition coefficient (Wildman–Crippen LogP) is 5.91. The van der Waals surface area contributed by atoms with Gasteiger partial charge in [-0.3, -0.25) is 0 Å². The van der Waals surface area contributed by atoms with Crippen LogP contribution in [0.2, 0.25) is 0 Å². The number of rotatable bonds is 9. The van der Waals surface area contributed by atoms with Gasteiger partial charge in [0.15, 0.2) is 0 Å². The minimum atomic E-state index is 1.09. The smallest absolute Gasteiger partial charge is 0.0386 e. The van der Waals surface area contributed by atoms with E-state index in [1.54, 1.807) is 0 Å². The summed E-state index contributed by atoms with van der Waals surface area (Å²) in [6.07, 6.45) is 21.5. The second kappa shape index (κ2) is 10.2. The van der Waals surface area contributed by atoms with Crippen LogP contribution in [0, 0.1) is 12.3 Å². The molecule has 0 aromatic heterocycles. The molecule has 0 amide bonds. The molecule has 1 rings (SSSR count). The van der Waals surface area contributed by atoms with Crippen LogP contribution >= 0.6 is 0 Å². The fourth-order valence-electron chi connectivity index (χ4n) is 2.88. The minimum Gasteiger partial charge on any atom is -0.0654 e. The first kappa shape index (κ1) is 14.1. The summed E-state index contributed by atoms with van der Waals surface area (Å²) in [5.74, 6) is 1.09. The predicted molar refractivity (Wildman–Crippen MR) is 73.5 cm³/mol. The largest absolute Gasteiger partial charge is 0.0654 e. The van der Waals surface area contributed by atoms with Gasteiger partial charge in [-0.2, -0.15) is 0 Å². The normalized spacial score (nSPS) is 17.8. The van der Waals surface area contributed by atoms with Gasteiger partial charge in [0.05, 0.1) is 0 Å². The van der Waals surface area contributed by atoms with Crippen molar-refractivity contribution in [1.29, 1.82) is 0 Å². The zero-order valence-electron chi connectivity index (χ0n) is 11.3. The first-order chi connectivity index (χ1) is 7.93. The summed E-state index contributed by atoms with van der Waals surface area (Å²) in [6.45, 7) is 2.28. The molecule has 1 radical (unpaired) electrons. The molecule has 0 aromatic carbocycles. The van der Waals surface area contributed by atoms with Gasteiger partial charge < -0.3 is 0 Å². The summed E-state index contributed by atoms with van der Waals surface area (Å²) < 4.78 is 0. The van der Waals surface area contributed by atoms with Crippen LogP contribution in [0.15, 0.2) is 0 Å². The lowest BCUT2D eigenvalue weighted by Gasteiger charge is -2.21. The highest BCUT2D eigenvalue weighted by atomic mass is 14.2. The van der Waals surface area contributed by atoms with E-state index < -0.39 is 0 Å². The maximum absolute atomic E-state index is 2.52. The Labute approximate surface area is 103 Å². The molecule has 1 aliphatic rings. The van der Waals surface area contributed by atoms with Crippen molar-refractivity contribution in [3.63, 3.8) is 0 Å². The molecule has 0 heteroatoms. The second-order valence-corrected chi connectivity index (χ2v) is 5.57. The third-order valence-corrected chi connectivity index (χ3v) is 4.01. The molecule has 0 saturated heterocycles. The lowest BCUT2D eigenvalue weighted by molar-refractivity contribution is 0.329. The molecular formula is C16H31. The van der Waals surface area contributed by atoms with Crippen molar-refractivity contribution >= 4 is 0 Å². The quantitative estimate of drug-likeness (QED) is 0.426. The molecule has 0 aliphatic heterocycles. The van der Waals surface area contributed by atoms with Gasteiger partial charge in [-0.1, -0.05) is 90.4 Å². The molecule has 0 nitrogen and oxygen atoms in total. The molecule has 0 heterocycles. The summed E-state index contributed by atoms with van der Waals surface area (Å²) >= 11 is 0. The summed E-state index contributed by atoms with van der Waals surface area (Å²) in [5, 5.41) is 0. The van der Waals surface area contributed by atoms with E-state index in [2.05, 4.69) is 13.3 Å². The first-order valence-electron chi connectivity index (χ1n) is 7.75. The topological polar surface area (TPSA) is 0 Å². The summed E-state index contributed by atoms with van der Waals surface area (Å²) in [7, 11) is 0. The summed E-state index contributed by atoms with van der Waals surface area (Å²) in [6, 6.07) is 0. The third kappa shape index (κ3) is 7.30. The van der Waals surface area contributed by atoms with E-state index in [0.29, 0.717) is 0 Å². The Bertz CT molecular complexity index is 133. The van der Waals surface area contributed by atoms with Crippen LogP contribution < -0.4 is 0 Å². The van der Waals surface area contributed by atoms with Crippen molar-refractivity contribution in [2.45, 2.75) is 90.4 Å². The Balaban J connectivity index is 1.77. The maximum Gasteiger partial charge on any atom is -0.0386 e. The Kier molecular flexibility index (Phi) is 8.94. The molecule has 1 fully saturated rings. The van der Waals surface area contributed by atoms with Crippen molar-refractivity contribution in [2.24, 2.45) is 5.92 Å². The van der Waals surface area contributed by atoms with Crippen LogP contribution in [-0.4, -0.2) is 0 Å². The summed E-state index contributed by atoms with van der Waals surface area (Å²) in [4.78, 5) is 0. The van der Waals surface area contributed by atoms with Gasteiger partial charge in [-0.15, -0.1) is 0 Å². The zero-order chi connectivity index (χ0) is 11.5. The van der Waals surface area contributed by atoms with Crippen molar-refractivity contribution in [3.8, 4) is 0 Å². The standard InChI is InChI=1S/C16H31/c1-2-3-4-5-6-7-8-10-13-16-14-11-9-12-15-16/h6,16H,2-5,7-15H2,1H3. The number of hydrogen-bond donors (Lipinski definition) is 0. The molecule has 95 valence electrons. The third-order valence-electron chi connectivity index (χ3n) is 4.01. The molecule has 0 spiro atoms. The average Bonchev–Trinajstić information content (AvgIpc) is 2.34. The lowest BCUT2D eigenvalue weighted by atomic mass is 9.85. The number of hydrogen-bond acceptors (Lipinski definition) is 0. The van der Waals surface area contributed by atoms with Crippen LogP contribution in [0.1, 0.15) is 90.4 Å². The molecule has 0 N–H and O–H groups in total. The Morgan fingerprint density at radius 3 is 2.25 bits per heavy atom. The van der Waals surface area contributed by atoms with Gasteiger partial charge in [0.1, 0.15) is 0 Å². The van der Waals surface area contributed by atoms with E-state index >= 15 is 0 Å². The lowest BCUT2D eigenvalue weighted by Crippen LogP contribution is -2.05. The van der Waals surface area contributed by atoms with Crippen molar-refractivity contribution in [2.75, 3.05) is 0 Å². The van der Waals surface area contributed by atoms with Crippen molar-refractivity contribution in [3.05, 3.63) is 6.42 Å². The monoisotopic (exact) mass is 223 g/mol. The van der Waals surface area contributed by atoms with E-state index in [9.17, 15) is 0 Å². The van der Waals surface area contributed by atoms with Gasteiger partial charge in [-0.25, -0.2) is 0 Å². The second-order valence-electron chi connectivity index (χ2n) is 5.57. The van der Waals surface area contributed by atoms with Gasteiger partial charge in [0, 0.05) is 0 Å². The van der Waals surface area contributed by atoms with Gasteiger partial charge in [0.2, 0.25) is 0 Å². The van der Waals surface area contributed by atoms with E-state index in [1.165, 1.54) is 83.5 Å². The van der Waals surface area contributed by atoms with Gasteiger partial charge in [0.25, 0.3) is 0 Å². The van der Waals surface area contributed by atoms with Crippen LogP contribution in [0.5, 0.6) is 0 Å². The molecule has 0 aromatic rings. The van der Waals surface area contributed by atoms with Crippen molar-refractivity contribution < 1.29 is 0 Å². The molecule has 0 bridgehead atoms. The zero-order valence-corrected chi connectivity index (χ0v) is 11.3. The maximum atomic E-state index is 2.52. The van der Waals surface area contributed by atoms with Crippen LogP contribution in [0.4, 0.5) is 0 Å². The van der Waals surface area contributed by atoms with E-state index in [-0.39, 0.29) is 0 Å². The fourth-order valence-corrected chi connectivity index (χ4v) is 2.88. The highest BCUT2D eigenvalue weighted by Crippen LogP contribution is 2.28. The molecule has 1 saturated carbocycles. The van der Waals surface area contributed by atoms with Crippen molar-refractivity contribution in [1.82, 2.24) is 0 Å². The van der Waals surface area contributed by atoms with E-state index in [1.807, 2.05) is 0 Å². The van der Waals surface area contributed by atoms with Crippen LogP contribution in [0.25, 0.3) is 0 Å². The molecule has 16 heavy (non-hydrogen) atoms. The van der Waals surface area contributed by atoms with Gasteiger partial charge in [-0.05, 0) is 12.3 Å². The SMILES string of the molecule is CCCCC[CH]CCCCC1CCCCC1. The highest BCUT2D eigenvalue weighted by molar-refractivity contribution is 4.68. The average molecular weight is 223 g/mol. The minimum absolute atomic E-state index is 1.09. The Hall–Kier alpha value is 0. The van der Waals surface area contributed by atoms with Gasteiger partial charge >= 0.3 is 0 Å². The Morgan fingerprint density at radius 1 is 0.875 bits per heavy atom. The van der Waals surface area contributed by atoms with Crippen LogP contribution in [-0.2, 0) is 0 Å². The van der Waals surface area contributed by atoms with E-state index in [4.69, 9.17) is 0 Å². The first-order valence-corrected chi connectivity index (χ1v) is 7.75. The highest BCUT2D eigenvalue weighted by Gasteiger charge is 2.12. The Morgan fingerprint density at radius 2 is 1.56 bits per heavy atom. The molecule has 0 atom stereocenters. The molecule has 0 unspecified atom stereocenters. The molecule has 1 aliphatic carbocycles. The van der Waals surface area contributed by atoms with Crippen LogP contribution in [0.3, 0.4) is 0 Å².